The molecular formula is C10H14O5S2. The zero-order valence-corrected chi connectivity index (χ0v) is 11.0. The lowest BCUT2D eigenvalue weighted by atomic mass is 10.4. The smallest absolute Gasteiger partial charge is 0.345 e. The molecule has 0 aliphatic carbocycles. The van der Waals surface area contributed by atoms with E-state index in [0.29, 0.717) is 17.9 Å². The fourth-order valence-electron chi connectivity index (χ4n) is 1.28. The van der Waals surface area contributed by atoms with E-state index in [9.17, 15) is 13.2 Å². The van der Waals surface area contributed by atoms with Gasteiger partial charge < -0.3 is 9.84 Å². The standard InChI is InChI=1S/C10H14O5S2/c1-15-5-2-6-17(13,14)7-8-3-4-9(16-8)10(11)12/h3-4H,2,5-7H2,1H3,(H,11,12). The first-order chi connectivity index (χ1) is 7.94. The first kappa shape index (κ1) is 14.1. The Balaban J connectivity index is 2.60. The van der Waals surface area contributed by atoms with Gasteiger partial charge in [0.25, 0.3) is 0 Å². The van der Waals surface area contributed by atoms with Gasteiger partial charge >= 0.3 is 5.97 Å². The van der Waals surface area contributed by atoms with E-state index in [2.05, 4.69) is 0 Å². The van der Waals surface area contributed by atoms with Crippen LogP contribution in [0.25, 0.3) is 0 Å². The largest absolute Gasteiger partial charge is 0.477 e. The minimum absolute atomic E-state index is 0.0567. The zero-order chi connectivity index (χ0) is 12.9. The van der Waals surface area contributed by atoms with Crippen molar-refractivity contribution in [3.63, 3.8) is 0 Å². The van der Waals surface area contributed by atoms with Crippen molar-refractivity contribution in [2.75, 3.05) is 19.5 Å². The monoisotopic (exact) mass is 278 g/mol. The summed E-state index contributed by atoms with van der Waals surface area (Å²) in [7, 11) is -1.66. The zero-order valence-electron chi connectivity index (χ0n) is 9.38. The van der Waals surface area contributed by atoms with Crippen molar-refractivity contribution in [1.29, 1.82) is 0 Å². The summed E-state index contributed by atoms with van der Waals surface area (Å²) in [4.78, 5) is 11.3. The van der Waals surface area contributed by atoms with Crippen LogP contribution in [0.1, 0.15) is 21.0 Å². The molecule has 0 aromatic carbocycles. The van der Waals surface area contributed by atoms with Crippen molar-refractivity contribution >= 4 is 27.1 Å². The van der Waals surface area contributed by atoms with Gasteiger partial charge in [0.2, 0.25) is 0 Å². The van der Waals surface area contributed by atoms with Gasteiger partial charge in [-0.25, -0.2) is 13.2 Å². The Morgan fingerprint density at radius 3 is 2.71 bits per heavy atom. The second kappa shape index (κ2) is 6.13. The summed E-state index contributed by atoms with van der Waals surface area (Å²) in [6.45, 7) is 0.407. The predicted molar refractivity (Wildman–Crippen MR) is 65.3 cm³/mol. The highest BCUT2D eigenvalue weighted by Crippen LogP contribution is 2.19. The molecule has 1 aromatic rings. The van der Waals surface area contributed by atoms with Gasteiger partial charge in [-0.2, -0.15) is 0 Å². The van der Waals surface area contributed by atoms with Crippen LogP contribution in [0.3, 0.4) is 0 Å². The number of carboxylic acid groups (broad SMARTS) is 1. The van der Waals surface area contributed by atoms with E-state index in [0.717, 1.165) is 11.3 Å². The number of carboxylic acids is 1. The first-order valence-electron chi connectivity index (χ1n) is 4.96. The van der Waals surface area contributed by atoms with Crippen LogP contribution >= 0.6 is 11.3 Å². The third-order valence-electron chi connectivity index (χ3n) is 2.04. The molecule has 1 N–H and O–H groups in total. The van der Waals surface area contributed by atoms with Gasteiger partial charge in [0.1, 0.15) is 4.88 Å². The highest BCUT2D eigenvalue weighted by atomic mass is 32.2. The van der Waals surface area contributed by atoms with Crippen LogP contribution in [0.5, 0.6) is 0 Å². The summed E-state index contributed by atoms with van der Waals surface area (Å²) in [5.74, 6) is -1.08. The van der Waals surface area contributed by atoms with Crippen molar-refractivity contribution in [2.45, 2.75) is 12.2 Å². The number of sulfone groups is 1. The maximum absolute atomic E-state index is 11.7. The van der Waals surface area contributed by atoms with Gasteiger partial charge in [-0.3, -0.25) is 0 Å². The summed E-state index contributed by atoms with van der Waals surface area (Å²) >= 11 is 0.997. The van der Waals surface area contributed by atoms with E-state index in [1.54, 1.807) is 6.07 Å². The molecule has 1 heterocycles. The van der Waals surface area contributed by atoms with Crippen molar-refractivity contribution in [3.05, 3.63) is 21.9 Å². The summed E-state index contributed by atoms with van der Waals surface area (Å²) in [6, 6.07) is 2.97. The quantitative estimate of drug-likeness (QED) is 0.762. The van der Waals surface area contributed by atoms with Crippen molar-refractivity contribution in [2.24, 2.45) is 0 Å². The highest BCUT2D eigenvalue weighted by Gasteiger charge is 2.15. The van der Waals surface area contributed by atoms with E-state index in [1.807, 2.05) is 0 Å². The Morgan fingerprint density at radius 2 is 2.18 bits per heavy atom. The third-order valence-corrected chi connectivity index (χ3v) is 4.96. The van der Waals surface area contributed by atoms with Crippen LogP contribution < -0.4 is 0 Å². The molecule has 0 atom stereocenters. The number of hydrogen-bond donors (Lipinski definition) is 1. The molecule has 0 aliphatic heterocycles. The molecule has 0 aliphatic rings. The molecule has 0 saturated heterocycles. The Bertz CT molecular complexity index is 475. The maximum atomic E-state index is 11.7. The molecule has 0 spiro atoms. The van der Waals surface area contributed by atoms with Crippen molar-refractivity contribution < 1.29 is 23.1 Å². The molecule has 5 nitrogen and oxygen atoms in total. The molecule has 96 valence electrons. The first-order valence-corrected chi connectivity index (χ1v) is 7.60. The lowest BCUT2D eigenvalue weighted by Gasteiger charge is -2.01. The fraction of sp³-hybridized carbons (Fsp3) is 0.500. The molecule has 0 bridgehead atoms. The molecule has 7 heteroatoms. The van der Waals surface area contributed by atoms with Gasteiger partial charge in [0.05, 0.1) is 11.5 Å². The van der Waals surface area contributed by atoms with Crippen LogP contribution in [0.2, 0.25) is 0 Å². The lowest BCUT2D eigenvalue weighted by molar-refractivity contribution is 0.0702. The second-order valence-electron chi connectivity index (χ2n) is 3.51. The van der Waals surface area contributed by atoms with E-state index < -0.39 is 15.8 Å². The summed E-state index contributed by atoms with van der Waals surface area (Å²) in [5, 5.41) is 8.71. The number of thiophene rings is 1. The minimum Gasteiger partial charge on any atom is -0.477 e. The summed E-state index contributed by atoms with van der Waals surface area (Å²) < 4.78 is 28.1. The topological polar surface area (TPSA) is 80.7 Å². The molecule has 0 amide bonds. The average Bonchev–Trinajstić information content (AvgIpc) is 2.65. The van der Waals surface area contributed by atoms with E-state index in [1.165, 1.54) is 13.2 Å². The maximum Gasteiger partial charge on any atom is 0.345 e. The predicted octanol–water partition coefficient (Wildman–Crippen LogP) is 1.40. The Hall–Kier alpha value is -0.920. The van der Waals surface area contributed by atoms with Crippen molar-refractivity contribution in [1.82, 2.24) is 0 Å². The fourth-order valence-corrected chi connectivity index (χ4v) is 3.93. The van der Waals surface area contributed by atoms with Crippen LogP contribution in [-0.2, 0) is 20.3 Å². The van der Waals surface area contributed by atoms with Crippen LogP contribution in [0.15, 0.2) is 12.1 Å². The number of carbonyl (C=O) groups is 1. The molecule has 0 saturated carbocycles. The molecule has 0 fully saturated rings. The summed E-state index contributed by atoms with van der Waals surface area (Å²) in [6.07, 6.45) is 0.454. The molecule has 0 unspecified atom stereocenters. The lowest BCUT2D eigenvalue weighted by Crippen LogP contribution is -2.10. The average molecular weight is 278 g/mol. The van der Waals surface area contributed by atoms with E-state index in [-0.39, 0.29) is 16.4 Å². The van der Waals surface area contributed by atoms with Gasteiger partial charge in [0.15, 0.2) is 9.84 Å². The highest BCUT2D eigenvalue weighted by molar-refractivity contribution is 7.90. The van der Waals surface area contributed by atoms with E-state index in [4.69, 9.17) is 9.84 Å². The molecule has 1 rings (SSSR count). The SMILES string of the molecule is COCCCS(=O)(=O)Cc1ccc(C(=O)O)s1. The van der Waals surface area contributed by atoms with Crippen LogP contribution in [0, 0.1) is 0 Å². The van der Waals surface area contributed by atoms with Gasteiger partial charge in [-0.1, -0.05) is 0 Å². The van der Waals surface area contributed by atoms with Gasteiger partial charge in [0, 0.05) is 18.6 Å². The van der Waals surface area contributed by atoms with Gasteiger partial charge in [-0.15, -0.1) is 11.3 Å². The molecule has 0 radical (unpaired) electrons. The summed E-state index contributed by atoms with van der Waals surface area (Å²) in [5.41, 5.74) is 0. The van der Waals surface area contributed by atoms with Crippen molar-refractivity contribution in [3.8, 4) is 0 Å². The Morgan fingerprint density at radius 1 is 1.47 bits per heavy atom. The number of rotatable bonds is 7. The van der Waals surface area contributed by atoms with Crippen LogP contribution in [-0.4, -0.2) is 39.0 Å². The van der Waals surface area contributed by atoms with E-state index >= 15 is 0 Å². The molecule has 1 aromatic heterocycles. The Labute approximate surface area is 104 Å². The third kappa shape index (κ3) is 4.84. The minimum atomic E-state index is -3.18. The van der Waals surface area contributed by atoms with Gasteiger partial charge in [-0.05, 0) is 18.6 Å². The van der Waals surface area contributed by atoms with Crippen LogP contribution in [0.4, 0.5) is 0 Å². The molecule has 17 heavy (non-hydrogen) atoms. The Kier molecular flexibility index (Phi) is 5.10. The number of aromatic carboxylic acids is 1. The number of methoxy groups -OCH3 is 1. The normalized spacial score (nSPS) is 11.6. The second-order valence-corrected chi connectivity index (χ2v) is 6.86. The molecular weight excluding hydrogens is 264 g/mol. The number of ether oxygens (including phenoxy) is 1. The number of hydrogen-bond acceptors (Lipinski definition) is 5.